The van der Waals surface area contributed by atoms with Gasteiger partial charge in [0.25, 0.3) is 11.5 Å². The van der Waals surface area contributed by atoms with Gasteiger partial charge in [-0.1, -0.05) is 31.0 Å². The highest BCUT2D eigenvalue weighted by molar-refractivity contribution is 5.97. The van der Waals surface area contributed by atoms with Crippen molar-refractivity contribution in [3.05, 3.63) is 87.2 Å². The summed E-state index contributed by atoms with van der Waals surface area (Å²) in [6.07, 6.45) is 5.14. The lowest BCUT2D eigenvalue weighted by Crippen LogP contribution is -2.27. The highest BCUT2D eigenvalue weighted by atomic mass is 16.1. The summed E-state index contributed by atoms with van der Waals surface area (Å²) in [6, 6.07) is 15.1. The topological polar surface area (TPSA) is 81.8 Å². The van der Waals surface area contributed by atoms with Crippen molar-refractivity contribution in [2.24, 2.45) is 0 Å². The molecule has 7 nitrogen and oxygen atoms in total. The molecule has 2 aromatic carbocycles. The molecule has 1 aliphatic heterocycles. The number of hydrogen-bond acceptors (Lipinski definition) is 4. The van der Waals surface area contributed by atoms with Crippen LogP contribution in [0, 0.1) is 13.8 Å². The largest absolute Gasteiger partial charge is 0.348 e. The zero-order valence-electron chi connectivity index (χ0n) is 19.7. The molecule has 34 heavy (non-hydrogen) atoms. The normalized spacial score (nSPS) is 13.8. The van der Waals surface area contributed by atoms with Crippen molar-refractivity contribution in [1.82, 2.24) is 24.6 Å². The van der Waals surface area contributed by atoms with Crippen LogP contribution >= 0.6 is 0 Å². The second kappa shape index (κ2) is 9.25. The predicted molar refractivity (Wildman–Crippen MR) is 132 cm³/mol. The van der Waals surface area contributed by atoms with Crippen molar-refractivity contribution in [2.75, 3.05) is 0 Å². The third-order valence-electron chi connectivity index (χ3n) is 6.70. The lowest BCUT2D eigenvalue weighted by molar-refractivity contribution is 0.0951. The molecule has 7 heteroatoms. The van der Waals surface area contributed by atoms with Gasteiger partial charge in [0.1, 0.15) is 5.82 Å². The number of carbonyl (C=O) groups excluding carboxylic acids is 1. The van der Waals surface area contributed by atoms with Gasteiger partial charge in [0.05, 0.1) is 22.3 Å². The van der Waals surface area contributed by atoms with Gasteiger partial charge in [0.2, 0.25) is 0 Å². The minimum atomic E-state index is -0.193. The van der Waals surface area contributed by atoms with Gasteiger partial charge >= 0.3 is 0 Å². The van der Waals surface area contributed by atoms with Crippen molar-refractivity contribution in [1.29, 1.82) is 0 Å². The zero-order chi connectivity index (χ0) is 23.7. The number of amides is 1. The molecule has 4 aromatic rings. The number of fused-ring (bicyclic) bond motifs is 2. The molecule has 1 amide bonds. The number of nitrogens with zero attached hydrogens (tertiary/aromatic N) is 4. The molecular formula is C27H29N5O2. The summed E-state index contributed by atoms with van der Waals surface area (Å²) in [5, 5.41) is 8.24. The molecule has 0 spiro atoms. The molecule has 0 unspecified atom stereocenters. The van der Waals surface area contributed by atoms with Gasteiger partial charge < -0.3 is 5.32 Å². The molecule has 0 saturated carbocycles. The maximum Gasteiger partial charge on any atom is 0.261 e. The first-order chi connectivity index (χ1) is 16.5. The standard InChI is InChI=1S/C27H29N5O2/c1-18-23(19(2)32(30-18)21-10-6-5-7-11-21)17-28-26(33)20-13-14-22-24(16-20)29-25-12-8-3-4-9-15-31(25)27(22)34/h5-7,10-11,13-14,16H,3-4,8-9,12,15,17H2,1-2H3,(H,28,33). The summed E-state index contributed by atoms with van der Waals surface area (Å²) in [6.45, 7) is 5.06. The fourth-order valence-electron chi connectivity index (χ4n) is 4.76. The molecule has 0 atom stereocenters. The Bertz CT molecular complexity index is 1420. The average molecular weight is 456 g/mol. The van der Waals surface area contributed by atoms with E-state index in [-0.39, 0.29) is 11.5 Å². The molecule has 1 aliphatic rings. The Labute approximate surface area is 198 Å². The van der Waals surface area contributed by atoms with E-state index < -0.39 is 0 Å². The first-order valence-corrected chi connectivity index (χ1v) is 11.9. The number of benzene rings is 2. The fourth-order valence-corrected chi connectivity index (χ4v) is 4.76. The lowest BCUT2D eigenvalue weighted by Gasteiger charge is -2.16. The SMILES string of the molecule is Cc1nn(-c2ccccc2)c(C)c1CNC(=O)c1ccc2c(=O)n3c(nc2c1)CCCCCC3. The molecule has 0 radical (unpaired) electrons. The number of rotatable bonds is 4. The molecule has 1 N–H and O–H groups in total. The van der Waals surface area contributed by atoms with Gasteiger partial charge in [0, 0.05) is 36.3 Å². The quantitative estimate of drug-likeness (QED) is 0.499. The minimum absolute atomic E-state index is 0.00608. The van der Waals surface area contributed by atoms with E-state index in [9.17, 15) is 9.59 Å². The van der Waals surface area contributed by atoms with Crippen LogP contribution < -0.4 is 10.9 Å². The second-order valence-electron chi connectivity index (χ2n) is 8.96. The van der Waals surface area contributed by atoms with Gasteiger partial charge in [-0.05, 0) is 57.0 Å². The van der Waals surface area contributed by atoms with Gasteiger partial charge in [-0.25, -0.2) is 9.67 Å². The number of para-hydroxylation sites is 1. The predicted octanol–water partition coefficient (Wildman–Crippen LogP) is 4.25. The summed E-state index contributed by atoms with van der Waals surface area (Å²) in [5.74, 6) is 0.635. The van der Waals surface area contributed by atoms with Gasteiger partial charge in [-0.3, -0.25) is 14.2 Å². The van der Waals surface area contributed by atoms with Crippen LogP contribution in [0.4, 0.5) is 0 Å². The first kappa shape index (κ1) is 22.1. The van der Waals surface area contributed by atoms with Crippen LogP contribution in [0.2, 0.25) is 0 Å². The van der Waals surface area contributed by atoms with Crippen molar-refractivity contribution in [3.63, 3.8) is 0 Å². The number of carbonyl (C=O) groups is 1. The average Bonchev–Trinajstić information content (AvgIpc) is 3.12. The van der Waals surface area contributed by atoms with E-state index in [0.29, 0.717) is 29.6 Å². The van der Waals surface area contributed by atoms with Crippen molar-refractivity contribution in [2.45, 2.75) is 59.0 Å². The maximum absolute atomic E-state index is 13.0. The first-order valence-electron chi connectivity index (χ1n) is 11.9. The summed E-state index contributed by atoms with van der Waals surface area (Å²) in [7, 11) is 0. The highest BCUT2D eigenvalue weighted by Crippen LogP contribution is 2.19. The molecule has 5 rings (SSSR count). The van der Waals surface area contributed by atoms with Crippen LogP contribution in [0.25, 0.3) is 16.6 Å². The van der Waals surface area contributed by atoms with Gasteiger partial charge in [-0.15, -0.1) is 0 Å². The van der Waals surface area contributed by atoms with E-state index in [1.807, 2.05) is 53.4 Å². The van der Waals surface area contributed by atoms with Crippen LogP contribution in [0.1, 0.15) is 58.8 Å². The Balaban J connectivity index is 1.39. The summed E-state index contributed by atoms with van der Waals surface area (Å²) in [4.78, 5) is 30.8. The fraction of sp³-hybridized carbons (Fsp3) is 0.333. The Morgan fingerprint density at radius 3 is 2.65 bits per heavy atom. The molecule has 0 saturated heterocycles. The van der Waals surface area contributed by atoms with E-state index in [4.69, 9.17) is 4.98 Å². The molecule has 0 bridgehead atoms. The number of hydrogen-bond donors (Lipinski definition) is 1. The minimum Gasteiger partial charge on any atom is -0.348 e. The van der Waals surface area contributed by atoms with Crippen LogP contribution in [0.15, 0.2) is 53.3 Å². The Kier molecular flexibility index (Phi) is 6.01. The van der Waals surface area contributed by atoms with Crippen molar-refractivity contribution >= 4 is 16.8 Å². The lowest BCUT2D eigenvalue weighted by atomic mass is 10.1. The molecule has 3 heterocycles. The molecule has 0 fully saturated rings. The van der Waals surface area contributed by atoms with Crippen LogP contribution in [0.5, 0.6) is 0 Å². The third kappa shape index (κ3) is 4.14. The van der Waals surface area contributed by atoms with Gasteiger partial charge in [-0.2, -0.15) is 5.10 Å². The highest BCUT2D eigenvalue weighted by Gasteiger charge is 2.17. The van der Waals surface area contributed by atoms with E-state index in [1.165, 1.54) is 0 Å². The number of aryl methyl sites for hydroxylation is 2. The Morgan fingerprint density at radius 1 is 1.03 bits per heavy atom. The van der Waals surface area contributed by atoms with E-state index >= 15 is 0 Å². The molecule has 2 aromatic heterocycles. The maximum atomic E-state index is 13.0. The number of nitrogens with one attached hydrogen (secondary N) is 1. The van der Waals surface area contributed by atoms with Crippen molar-refractivity contribution < 1.29 is 4.79 Å². The summed E-state index contributed by atoms with van der Waals surface area (Å²) < 4.78 is 3.72. The van der Waals surface area contributed by atoms with Crippen LogP contribution in [-0.2, 0) is 19.5 Å². The third-order valence-corrected chi connectivity index (χ3v) is 6.70. The second-order valence-corrected chi connectivity index (χ2v) is 8.96. The van der Waals surface area contributed by atoms with E-state index in [1.54, 1.807) is 18.2 Å². The van der Waals surface area contributed by atoms with E-state index in [0.717, 1.165) is 60.6 Å². The van der Waals surface area contributed by atoms with Crippen LogP contribution in [-0.4, -0.2) is 25.2 Å². The van der Waals surface area contributed by atoms with Crippen molar-refractivity contribution in [3.8, 4) is 5.69 Å². The monoisotopic (exact) mass is 455 g/mol. The zero-order valence-corrected chi connectivity index (χ0v) is 19.7. The van der Waals surface area contributed by atoms with Gasteiger partial charge in [0.15, 0.2) is 0 Å². The smallest absolute Gasteiger partial charge is 0.261 e. The van der Waals surface area contributed by atoms with E-state index in [2.05, 4.69) is 10.4 Å². The molecule has 0 aliphatic carbocycles. The summed E-state index contributed by atoms with van der Waals surface area (Å²) >= 11 is 0. The Morgan fingerprint density at radius 2 is 1.82 bits per heavy atom. The molecule has 174 valence electrons. The summed E-state index contributed by atoms with van der Waals surface area (Å²) in [5.41, 5.74) is 4.95. The number of aromatic nitrogens is 4. The molecular weight excluding hydrogens is 426 g/mol. The Hall–Kier alpha value is -3.74. The van der Waals surface area contributed by atoms with Crippen LogP contribution in [0.3, 0.4) is 0 Å².